The molecular weight excluding hydrogens is 821 g/mol. The van der Waals surface area contributed by atoms with Gasteiger partial charge in [-0.1, -0.05) is 94.5 Å². The zero-order chi connectivity index (χ0) is 40.8. The third-order valence-corrected chi connectivity index (χ3v) is 16.9. The molecule has 10 saturated carbocycles. The van der Waals surface area contributed by atoms with Crippen LogP contribution in [-0.4, -0.2) is 68.7 Å². The topological polar surface area (TPSA) is 146 Å². The average Bonchev–Trinajstić information content (AvgIpc) is 3.74. The Morgan fingerprint density at radius 3 is 1.57 bits per heavy atom. The molecule has 1 saturated heterocycles. The number of fused-ring (bicyclic) bond motifs is 1. The lowest BCUT2D eigenvalue weighted by Crippen LogP contribution is -2.67. The van der Waals surface area contributed by atoms with E-state index in [0.717, 1.165) is 63.2 Å². The standard InChI is InChI=1S/C17H28O2.C16H26O4.C13H18O4.9CH4/c1-5-16(2,3)15(18)19-17(4)13-7-11-6-12(9-13)10-14(17)8-11;1-4-13(2,3)12(17)20-16-7-11-5-14(18,9-16)8-15(19,6-11)10-16;1-3-6(2)12(14)16-10-7-4-8-9(5-7)13(15)17-11(8)10;;;;;;;;;/h11-14H,5-10H2,1-4H3;11,18-19H,4-10H2,1-3H3;6-11H,3-5H2,1-2H3;9*1H4. The molecule has 11 rings (SSSR count). The van der Waals surface area contributed by atoms with Crippen LogP contribution in [0.4, 0.5) is 0 Å². The molecule has 8 unspecified atom stereocenters. The van der Waals surface area contributed by atoms with E-state index in [1.807, 2.05) is 48.5 Å². The number of carbonyl (C=O) groups excluding carboxylic acids is 4. The quantitative estimate of drug-likeness (QED) is 0.169. The molecule has 11 aliphatic rings. The summed E-state index contributed by atoms with van der Waals surface area (Å²) < 4.78 is 22.9. The number of hydrogen-bond acceptors (Lipinski definition) is 10. The molecular formula is C55H108O10. The number of aliphatic hydroxyl groups is 2. The van der Waals surface area contributed by atoms with Crippen LogP contribution in [0.5, 0.6) is 0 Å². The van der Waals surface area contributed by atoms with Crippen molar-refractivity contribution in [2.45, 2.75) is 266 Å². The molecule has 0 radical (unpaired) electrons. The molecule has 10 nitrogen and oxygen atoms in total. The van der Waals surface area contributed by atoms with Gasteiger partial charge >= 0.3 is 23.9 Å². The molecule has 8 atom stereocenters. The Bertz CT molecular complexity index is 1500. The summed E-state index contributed by atoms with van der Waals surface area (Å²) in [6, 6.07) is 0. The molecule has 10 heteroatoms. The normalized spacial score (nSPS) is 38.7. The summed E-state index contributed by atoms with van der Waals surface area (Å²) in [6.45, 7) is 17.9. The molecule has 2 N–H and O–H groups in total. The van der Waals surface area contributed by atoms with Crippen LogP contribution in [0.25, 0.3) is 0 Å². The predicted octanol–water partition coefficient (Wildman–Crippen LogP) is 13.6. The molecule has 0 aromatic rings. The van der Waals surface area contributed by atoms with Crippen LogP contribution in [0.15, 0.2) is 0 Å². The summed E-state index contributed by atoms with van der Waals surface area (Å²) in [4.78, 5) is 48.2. The molecule has 0 amide bonds. The van der Waals surface area contributed by atoms with Gasteiger partial charge in [0.05, 0.1) is 33.9 Å². The highest BCUT2D eigenvalue weighted by molar-refractivity contribution is 5.78. The first-order chi connectivity index (χ1) is 26.1. The van der Waals surface area contributed by atoms with E-state index in [1.54, 1.807) is 0 Å². The van der Waals surface area contributed by atoms with Crippen molar-refractivity contribution in [3.8, 4) is 0 Å². The summed E-state index contributed by atoms with van der Waals surface area (Å²) in [5.74, 6) is 3.64. The van der Waals surface area contributed by atoms with E-state index in [9.17, 15) is 29.4 Å². The fraction of sp³-hybridized carbons (Fsp3) is 0.927. The fourth-order valence-corrected chi connectivity index (χ4v) is 13.1. The lowest BCUT2D eigenvalue weighted by Gasteiger charge is -2.62. The Kier molecular flexibility index (Phi) is 24.1. The van der Waals surface area contributed by atoms with Crippen molar-refractivity contribution in [2.75, 3.05) is 0 Å². The van der Waals surface area contributed by atoms with Gasteiger partial charge in [0.25, 0.3) is 0 Å². The van der Waals surface area contributed by atoms with E-state index >= 15 is 0 Å². The highest BCUT2D eigenvalue weighted by Crippen LogP contribution is 2.62. The minimum absolute atomic E-state index is 0. The minimum Gasteiger partial charge on any atom is -0.458 e. The number of esters is 4. The van der Waals surface area contributed by atoms with Crippen LogP contribution in [0.1, 0.15) is 232 Å². The first-order valence-electron chi connectivity index (χ1n) is 22.4. The Morgan fingerprint density at radius 2 is 1.14 bits per heavy atom. The second-order valence-electron chi connectivity index (χ2n) is 22.0. The molecule has 65 heavy (non-hydrogen) atoms. The lowest BCUT2D eigenvalue weighted by molar-refractivity contribution is -0.264. The summed E-state index contributed by atoms with van der Waals surface area (Å²) >= 11 is 0. The molecule has 0 aromatic heterocycles. The minimum atomic E-state index is -0.842. The van der Waals surface area contributed by atoms with Gasteiger partial charge in [-0.2, -0.15) is 0 Å². The number of carbonyl (C=O) groups is 4. The van der Waals surface area contributed by atoms with Gasteiger partial charge in [0.2, 0.25) is 0 Å². The fourth-order valence-electron chi connectivity index (χ4n) is 13.1. The lowest BCUT2D eigenvalue weighted by atomic mass is 9.50. The van der Waals surface area contributed by atoms with Crippen molar-refractivity contribution in [2.24, 2.45) is 64.1 Å². The zero-order valence-electron chi connectivity index (χ0n) is 35.8. The van der Waals surface area contributed by atoms with Gasteiger partial charge in [0.15, 0.2) is 0 Å². The molecule has 0 aromatic carbocycles. The highest BCUT2D eigenvalue weighted by Gasteiger charge is 2.65. The van der Waals surface area contributed by atoms with Crippen LogP contribution >= 0.6 is 0 Å². The maximum Gasteiger partial charge on any atom is 0.312 e. The maximum absolute atomic E-state index is 12.5. The van der Waals surface area contributed by atoms with Crippen LogP contribution in [0, 0.1) is 64.1 Å². The summed E-state index contributed by atoms with van der Waals surface area (Å²) in [7, 11) is 0. The molecule has 1 heterocycles. The van der Waals surface area contributed by atoms with Gasteiger partial charge in [0.1, 0.15) is 23.4 Å². The molecule has 0 spiro atoms. The van der Waals surface area contributed by atoms with Crippen molar-refractivity contribution >= 4 is 23.9 Å². The van der Waals surface area contributed by atoms with Gasteiger partial charge in [-0.15, -0.1) is 0 Å². The van der Waals surface area contributed by atoms with E-state index < -0.39 is 22.2 Å². The van der Waals surface area contributed by atoms with Gasteiger partial charge in [-0.25, -0.2) is 0 Å². The van der Waals surface area contributed by atoms with Gasteiger partial charge < -0.3 is 29.2 Å². The predicted molar refractivity (Wildman–Crippen MR) is 269 cm³/mol. The van der Waals surface area contributed by atoms with E-state index in [0.29, 0.717) is 42.9 Å². The summed E-state index contributed by atoms with van der Waals surface area (Å²) in [5, 5.41) is 21.3. The van der Waals surface area contributed by atoms with Crippen molar-refractivity contribution in [1.82, 2.24) is 0 Å². The monoisotopic (exact) mass is 929 g/mol. The van der Waals surface area contributed by atoms with Gasteiger partial charge in [-0.05, 0) is 148 Å². The molecule has 10 aliphatic carbocycles. The zero-order valence-corrected chi connectivity index (χ0v) is 35.8. The van der Waals surface area contributed by atoms with E-state index in [2.05, 4.69) is 13.8 Å². The number of hydrogen-bond donors (Lipinski definition) is 2. The van der Waals surface area contributed by atoms with Crippen molar-refractivity contribution < 1.29 is 48.3 Å². The van der Waals surface area contributed by atoms with E-state index in [4.69, 9.17) is 18.9 Å². The Hall–Kier alpha value is -2.20. The first kappa shape index (κ1) is 67.1. The summed E-state index contributed by atoms with van der Waals surface area (Å²) in [6.07, 6.45) is 14.2. The van der Waals surface area contributed by atoms with Crippen molar-refractivity contribution in [3.05, 3.63) is 0 Å². The molecule has 10 bridgehead atoms. The molecule has 1 aliphatic heterocycles. The Morgan fingerprint density at radius 1 is 0.677 bits per heavy atom. The highest BCUT2D eigenvalue weighted by atomic mass is 16.6. The molecule has 388 valence electrons. The second kappa shape index (κ2) is 23.4. The van der Waals surface area contributed by atoms with E-state index in [1.165, 1.54) is 32.1 Å². The van der Waals surface area contributed by atoms with E-state index in [-0.39, 0.29) is 132 Å². The van der Waals surface area contributed by atoms with Crippen LogP contribution in [-0.2, 0) is 38.1 Å². The maximum atomic E-state index is 12.5. The number of rotatable bonds is 9. The Balaban J connectivity index is -0.000000832. The third kappa shape index (κ3) is 12.5. The largest absolute Gasteiger partial charge is 0.458 e. The average molecular weight is 929 g/mol. The smallest absolute Gasteiger partial charge is 0.312 e. The van der Waals surface area contributed by atoms with Crippen LogP contribution in [0.3, 0.4) is 0 Å². The SMILES string of the molecule is C.C.C.C.C.C.C.C.C.CCC(C)(C)C(=O)OC1(C)C2CC3CC(C2)CC1C3.CCC(C)(C)C(=O)OC12CC3CC(O)(CC(O)(C3)C1)C2.CCC(C)C(=O)OC1C2CC3C(=O)OC1C3C2. The third-order valence-electron chi connectivity index (χ3n) is 16.9. The van der Waals surface area contributed by atoms with Crippen molar-refractivity contribution in [1.29, 1.82) is 0 Å². The first-order valence-corrected chi connectivity index (χ1v) is 22.4. The van der Waals surface area contributed by atoms with Gasteiger partial charge in [-0.3, -0.25) is 19.2 Å². The van der Waals surface area contributed by atoms with Crippen molar-refractivity contribution in [3.63, 3.8) is 0 Å². The Labute approximate surface area is 401 Å². The van der Waals surface area contributed by atoms with Crippen LogP contribution < -0.4 is 0 Å². The number of ether oxygens (including phenoxy) is 4. The van der Waals surface area contributed by atoms with Crippen LogP contribution in [0.2, 0.25) is 0 Å². The van der Waals surface area contributed by atoms with Gasteiger partial charge in [0, 0.05) is 31.1 Å². The summed E-state index contributed by atoms with van der Waals surface area (Å²) in [5.41, 5.74) is -3.34. The molecule has 11 fully saturated rings. The second-order valence-corrected chi connectivity index (χ2v) is 22.0.